The highest BCUT2D eigenvalue weighted by molar-refractivity contribution is 14.2. The van der Waals surface area contributed by atoms with E-state index in [1.165, 1.54) is 0 Å². The second-order valence-corrected chi connectivity index (χ2v) is 2.98. The Morgan fingerprint density at radius 3 is 2.86 bits per heavy atom. The summed E-state index contributed by atoms with van der Waals surface area (Å²) in [5.74, 6) is 0. The van der Waals surface area contributed by atoms with Gasteiger partial charge in [0.2, 0.25) is 0 Å². The Morgan fingerprint density at radius 1 is 1.71 bits per heavy atom. The smallest absolute Gasteiger partial charge is 0.133 e. The fourth-order valence-electron chi connectivity index (χ4n) is 0.197. The van der Waals surface area contributed by atoms with Crippen molar-refractivity contribution in [3.05, 3.63) is 11.2 Å². The Bertz CT molecular complexity index is 149. The predicted octanol–water partition coefficient (Wildman–Crippen LogP) is 2.22. The number of nitrogens with zero attached hydrogens (tertiary/aromatic N) is 2. The minimum absolute atomic E-state index is 0.140. The van der Waals surface area contributed by atoms with Crippen LogP contribution in [0, 0.1) is 0 Å². The Morgan fingerprint density at radius 2 is 2.57 bits per heavy atom. The molecule has 38 valence electrons. The van der Waals surface area contributed by atoms with Crippen molar-refractivity contribution in [2.24, 2.45) is 8.44 Å². The normalized spacial score (nSPS) is 18.1. The first kappa shape index (κ1) is 5.37. The second kappa shape index (κ2) is 2.52. The highest BCUT2D eigenvalue weighted by Crippen LogP contribution is 2.12. The molecular weight excluding hydrogens is 226 g/mol. The number of halogens is 2. The summed E-state index contributed by atoms with van der Waals surface area (Å²) in [5.41, 5.74) is 0. The Hall–Kier alpha value is 0.230. The Labute approximate surface area is 56.4 Å². The monoisotopic (exact) mass is 228 g/mol. The Kier molecular flexibility index (Phi) is 1.93. The van der Waals surface area contributed by atoms with E-state index in [0.29, 0.717) is 5.16 Å². The minimum Gasteiger partial charge on any atom is -0.133 e. The highest BCUT2D eigenvalue weighted by atomic mass is 127. The molecule has 0 fully saturated rings. The molecule has 0 bridgehead atoms. The van der Waals surface area contributed by atoms with Gasteiger partial charge in [-0.3, -0.25) is 0 Å². The van der Waals surface area contributed by atoms with Crippen LogP contribution in [0.25, 0.3) is 0 Å². The maximum Gasteiger partial charge on any atom is 0.152 e. The van der Waals surface area contributed by atoms with E-state index in [1.807, 2.05) is 4.01 Å². The lowest BCUT2D eigenvalue weighted by Gasteiger charge is -1.84. The molecule has 0 unspecified atom stereocenters. The summed E-state index contributed by atoms with van der Waals surface area (Å²) in [7, 11) is 0. The number of rotatable bonds is 0. The zero-order valence-corrected chi connectivity index (χ0v) is 6.22. The molecule has 0 aromatic heterocycles. The van der Waals surface area contributed by atoms with E-state index in [1.54, 1.807) is 6.08 Å². The van der Waals surface area contributed by atoms with Crippen LogP contribution in [0.15, 0.2) is 19.7 Å². The summed E-state index contributed by atoms with van der Waals surface area (Å²) in [6.45, 7) is 0. The summed E-state index contributed by atoms with van der Waals surface area (Å²) in [5, 5.41) is 4.09. The molecule has 4 heteroatoms. The zero-order chi connectivity index (χ0) is 5.11. The van der Waals surface area contributed by atoms with Crippen LogP contribution in [0.2, 0.25) is 0 Å². The first-order valence-corrected chi connectivity index (χ1v) is 4.21. The lowest BCUT2D eigenvalue weighted by molar-refractivity contribution is 1.34. The van der Waals surface area contributed by atoms with Gasteiger partial charge in [0, 0.05) is 21.0 Å². The van der Waals surface area contributed by atoms with Gasteiger partial charge in [-0.1, -0.05) is 11.6 Å². The van der Waals surface area contributed by atoms with Gasteiger partial charge >= 0.3 is 0 Å². The summed E-state index contributed by atoms with van der Waals surface area (Å²) in [6, 6.07) is 0. The average molecular weight is 228 g/mol. The van der Waals surface area contributed by atoms with Crippen LogP contribution in [-0.4, -0.2) is 4.01 Å². The molecule has 0 amide bonds. The van der Waals surface area contributed by atoms with Gasteiger partial charge in [0.05, 0.1) is 0 Å². The van der Waals surface area contributed by atoms with Crippen LogP contribution in [-0.2, 0) is 0 Å². The van der Waals surface area contributed by atoms with E-state index in [9.17, 15) is 0 Å². The number of allylic oxidation sites excluding steroid dienone is 1. The molecule has 2 nitrogen and oxygen atoms in total. The van der Waals surface area contributed by atoms with Crippen LogP contribution in [0.5, 0.6) is 0 Å². The molecule has 0 atom stereocenters. The third-order valence-electron chi connectivity index (χ3n) is 0.434. The molecule has 0 radical (unpaired) electrons. The zero-order valence-electron chi connectivity index (χ0n) is 3.31. The van der Waals surface area contributed by atoms with Crippen LogP contribution >= 0.6 is 32.6 Å². The second-order valence-electron chi connectivity index (χ2n) is 0.889. The van der Waals surface area contributed by atoms with Gasteiger partial charge in [-0.15, -0.1) is 8.44 Å². The van der Waals surface area contributed by atoms with Crippen molar-refractivity contribution < 1.29 is 0 Å². The molecule has 0 saturated heterocycles. The lowest BCUT2D eigenvalue weighted by atomic mass is 10.7. The van der Waals surface area contributed by atoms with E-state index in [0.717, 1.165) is 0 Å². The van der Waals surface area contributed by atoms with Crippen molar-refractivity contribution in [2.45, 2.75) is 0 Å². The van der Waals surface area contributed by atoms with Gasteiger partial charge in [-0.05, 0) is 10.1 Å². The van der Waals surface area contributed by atoms with E-state index in [-0.39, 0.29) is 21.0 Å². The lowest BCUT2D eigenvalue weighted by Crippen LogP contribution is -1.65. The Balaban J connectivity index is 2.82. The van der Waals surface area contributed by atoms with Crippen LogP contribution < -0.4 is 0 Å². The largest absolute Gasteiger partial charge is 0.152 e. The molecule has 1 aliphatic rings. The summed E-state index contributed by atoms with van der Waals surface area (Å²) in [6.07, 6.45) is 1.78. The number of hydrogen-bond donors (Lipinski definition) is 0. The molecule has 1 aliphatic heterocycles. The van der Waals surface area contributed by atoms with Gasteiger partial charge in [0.25, 0.3) is 0 Å². The van der Waals surface area contributed by atoms with Gasteiger partial charge in [-0.2, -0.15) is 0 Å². The maximum absolute atomic E-state index is 5.40. The SMILES string of the molecule is ClC1=CC=IN=N1. The third-order valence-corrected chi connectivity index (χ3v) is 1.78. The average Bonchev–Trinajstić information content (AvgIpc) is 1.69. The molecule has 0 aliphatic carbocycles. The molecule has 0 saturated carbocycles. The van der Waals surface area contributed by atoms with Gasteiger partial charge in [-0.25, -0.2) is 0 Å². The molecule has 0 aromatic rings. The van der Waals surface area contributed by atoms with Crippen molar-refractivity contribution in [1.82, 2.24) is 0 Å². The van der Waals surface area contributed by atoms with Gasteiger partial charge < -0.3 is 0 Å². The van der Waals surface area contributed by atoms with Crippen molar-refractivity contribution >= 4 is 36.6 Å². The summed E-state index contributed by atoms with van der Waals surface area (Å²) >= 11 is 5.26. The highest BCUT2D eigenvalue weighted by Gasteiger charge is 1.85. The quantitative estimate of drug-likeness (QED) is 0.449. The molecule has 1 rings (SSSR count). The molecule has 1 heterocycles. The van der Waals surface area contributed by atoms with Crippen LogP contribution in [0.3, 0.4) is 0 Å². The minimum atomic E-state index is -0.140. The maximum atomic E-state index is 5.40. The van der Waals surface area contributed by atoms with Gasteiger partial charge in [0.15, 0.2) is 5.16 Å². The first-order valence-electron chi connectivity index (χ1n) is 1.62. The van der Waals surface area contributed by atoms with Crippen molar-refractivity contribution in [1.29, 1.82) is 0 Å². The van der Waals surface area contributed by atoms with E-state index in [2.05, 4.69) is 8.44 Å². The summed E-state index contributed by atoms with van der Waals surface area (Å²) < 4.78 is 5.70. The van der Waals surface area contributed by atoms with Crippen LogP contribution in [0.4, 0.5) is 0 Å². The standard InChI is InChI=1S/C3H2ClIN2/c4-3-1-2-5-7-6-3/h1-2H. The molecular formula is C3H2ClIN2. The fourth-order valence-corrected chi connectivity index (χ4v) is 1.64. The molecule has 0 spiro atoms. The van der Waals surface area contributed by atoms with Crippen molar-refractivity contribution in [3.8, 4) is 0 Å². The first-order chi connectivity index (χ1) is 3.39. The summed E-state index contributed by atoms with van der Waals surface area (Å²) in [4.78, 5) is 0. The van der Waals surface area contributed by atoms with Crippen molar-refractivity contribution in [2.75, 3.05) is 0 Å². The molecule has 0 N–H and O–H groups in total. The van der Waals surface area contributed by atoms with Gasteiger partial charge in [0.1, 0.15) is 0 Å². The molecule has 7 heavy (non-hydrogen) atoms. The van der Waals surface area contributed by atoms with E-state index in [4.69, 9.17) is 11.6 Å². The topological polar surface area (TPSA) is 24.7 Å². The fraction of sp³-hybridized carbons (Fsp3) is 0. The van der Waals surface area contributed by atoms with Crippen molar-refractivity contribution in [3.63, 3.8) is 0 Å². The third kappa shape index (κ3) is 1.65. The predicted molar refractivity (Wildman–Crippen MR) is 38.9 cm³/mol. The molecule has 0 aromatic carbocycles. The number of hydrogen-bond acceptors (Lipinski definition) is 2. The van der Waals surface area contributed by atoms with E-state index < -0.39 is 0 Å². The van der Waals surface area contributed by atoms with E-state index >= 15 is 0 Å². The van der Waals surface area contributed by atoms with Crippen LogP contribution in [0.1, 0.15) is 0 Å².